The number of thiazole rings is 1. The number of benzene rings is 2. The molecule has 0 saturated heterocycles. The van der Waals surface area contributed by atoms with Gasteiger partial charge in [-0.3, -0.25) is 14.9 Å². The Balaban J connectivity index is 1.60. The van der Waals surface area contributed by atoms with Crippen LogP contribution in [0.3, 0.4) is 0 Å². The molecule has 2 N–H and O–H groups in total. The number of carbonyl (C=O) groups is 2. The van der Waals surface area contributed by atoms with Crippen LogP contribution in [0, 0.1) is 6.92 Å². The number of anilines is 1. The zero-order chi connectivity index (χ0) is 24.5. The number of ether oxygens (including phenoxy) is 1. The van der Waals surface area contributed by atoms with E-state index in [1.54, 1.807) is 24.3 Å². The summed E-state index contributed by atoms with van der Waals surface area (Å²) in [7, 11) is -3.37. The number of nitrogens with one attached hydrogen (secondary N) is 1. The normalized spacial score (nSPS) is 14.4. The zero-order valence-corrected chi connectivity index (χ0v) is 20.4. The third-order valence-corrected chi connectivity index (χ3v) is 8.72. The third kappa shape index (κ3) is 5.57. The lowest BCUT2D eigenvalue weighted by molar-refractivity contribution is -0.136. The smallest absolute Gasteiger partial charge is 0.309 e. The van der Waals surface area contributed by atoms with Crippen molar-refractivity contribution in [1.29, 1.82) is 0 Å². The Morgan fingerprint density at radius 2 is 1.82 bits per heavy atom. The highest BCUT2D eigenvalue weighted by Gasteiger charge is 2.37. The second-order valence-corrected chi connectivity index (χ2v) is 11.8. The zero-order valence-electron chi connectivity index (χ0n) is 18.0. The Kier molecular flexibility index (Phi) is 6.92. The van der Waals surface area contributed by atoms with Gasteiger partial charge in [0.2, 0.25) is 6.10 Å². The van der Waals surface area contributed by atoms with Gasteiger partial charge in [0.05, 0.1) is 22.3 Å². The van der Waals surface area contributed by atoms with Gasteiger partial charge in [-0.2, -0.15) is 0 Å². The lowest BCUT2D eigenvalue weighted by Gasteiger charge is -2.19. The first-order valence-electron chi connectivity index (χ1n) is 10.4. The lowest BCUT2D eigenvalue weighted by atomic mass is 10.1. The largest absolute Gasteiger partial charge is 0.481 e. The van der Waals surface area contributed by atoms with Crippen molar-refractivity contribution in [1.82, 2.24) is 4.98 Å². The fourth-order valence-corrected chi connectivity index (χ4v) is 5.94. The molecule has 1 unspecified atom stereocenters. The summed E-state index contributed by atoms with van der Waals surface area (Å²) in [6.45, 7) is 1.92. The van der Waals surface area contributed by atoms with E-state index in [0.29, 0.717) is 24.2 Å². The van der Waals surface area contributed by atoms with Crippen LogP contribution in [0.5, 0.6) is 5.75 Å². The molecular weight excluding hydrogens is 500 g/mol. The summed E-state index contributed by atoms with van der Waals surface area (Å²) in [5.41, 5.74) is 1.62. The van der Waals surface area contributed by atoms with E-state index >= 15 is 0 Å². The maximum atomic E-state index is 13.2. The van der Waals surface area contributed by atoms with Gasteiger partial charge in [0.25, 0.3) is 5.91 Å². The Bertz CT molecular complexity index is 1320. The standard InChI is InChI=1S/C23H21ClN2O6S2/c1-13-2-6-15(7-3-13)32-20(14-4-8-16(9-5-14)34(30,31)17-10-11-17)22(29)26-23-25-18(12-19(27)28)21(24)33-23/h2-9,17,20H,10-12H2,1H3,(H,27,28)(H,25,26,29). The number of carboxylic acid groups (broad SMARTS) is 1. The molecule has 34 heavy (non-hydrogen) atoms. The number of aromatic nitrogens is 1. The number of hydrogen-bond donors (Lipinski definition) is 2. The predicted molar refractivity (Wildman–Crippen MR) is 128 cm³/mol. The number of nitrogens with zero attached hydrogens (tertiary/aromatic N) is 1. The second-order valence-electron chi connectivity index (χ2n) is 7.92. The summed E-state index contributed by atoms with van der Waals surface area (Å²) in [5.74, 6) is -1.21. The molecule has 11 heteroatoms. The first kappa shape index (κ1) is 24.2. The molecule has 0 aliphatic heterocycles. The SMILES string of the molecule is Cc1ccc(OC(C(=O)Nc2nc(CC(=O)O)c(Cl)s2)c2ccc(S(=O)(=O)C3CC3)cc2)cc1. The van der Waals surface area contributed by atoms with Gasteiger partial charge in [-0.05, 0) is 44.0 Å². The van der Waals surface area contributed by atoms with E-state index in [0.717, 1.165) is 16.9 Å². The van der Waals surface area contributed by atoms with Crippen LogP contribution in [0.4, 0.5) is 5.13 Å². The van der Waals surface area contributed by atoms with Crippen LogP contribution in [-0.4, -0.2) is 35.6 Å². The molecule has 4 rings (SSSR count). The summed E-state index contributed by atoms with van der Waals surface area (Å²) in [4.78, 5) is 28.5. The number of halogens is 1. The number of hydrogen-bond acceptors (Lipinski definition) is 7. The molecule has 3 aromatic rings. The number of carboxylic acids is 1. The van der Waals surface area contributed by atoms with E-state index in [9.17, 15) is 18.0 Å². The number of rotatable bonds is 9. The van der Waals surface area contributed by atoms with Crippen LogP contribution >= 0.6 is 22.9 Å². The van der Waals surface area contributed by atoms with Crippen LogP contribution in [0.2, 0.25) is 4.34 Å². The molecule has 8 nitrogen and oxygen atoms in total. The van der Waals surface area contributed by atoms with Gasteiger partial charge in [-0.1, -0.05) is 52.8 Å². The molecule has 1 heterocycles. The molecule has 1 amide bonds. The number of aryl methyl sites for hydroxylation is 1. The van der Waals surface area contributed by atoms with E-state index in [4.69, 9.17) is 21.4 Å². The lowest BCUT2D eigenvalue weighted by Crippen LogP contribution is -2.26. The average Bonchev–Trinajstić information content (AvgIpc) is 3.59. The molecule has 1 aliphatic carbocycles. The number of aliphatic carboxylic acids is 1. The van der Waals surface area contributed by atoms with Gasteiger partial charge in [-0.15, -0.1) is 0 Å². The molecule has 1 fully saturated rings. The van der Waals surface area contributed by atoms with Crippen molar-refractivity contribution in [2.45, 2.75) is 42.4 Å². The minimum atomic E-state index is -3.37. The molecule has 0 bridgehead atoms. The van der Waals surface area contributed by atoms with E-state index in [2.05, 4.69) is 10.3 Å². The van der Waals surface area contributed by atoms with Crippen LogP contribution < -0.4 is 10.1 Å². The summed E-state index contributed by atoms with van der Waals surface area (Å²) in [6, 6.07) is 13.2. The topological polar surface area (TPSA) is 123 Å². The van der Waals surface area contributed by atoms with Gasteiger partial charge in [-0.25, -0.2) is 13.4 Å². The minimum Gasteiger partial charge on any atom is -0.481 e. The average molecular weight is 521 g/mol. The molecule has 0 spiro atoms. The van der Waals surface area contributed by atoms with Crippen molar-refractivity contribution in [2.75, 3.05) is 5.32 Å². The number of sulfone groups is 1. The Labute approximate surface area is 205 Å². The highest BCUT2D eigenvalue weighted by atomic mass is 35.5. The van der Waals surface area contributed by atoms with Gasteiger partial charge < -0.3 is 9.84 Å². The van der Waals surface area contributed by atoms with E-state index in [1.807, 2.05) is 19.1 Å². The van der Waals surface area contributed by atoms with E-state index < -0.39 is 27.8 Å². The predicted octanol–water partition coefficient (Wildman–Crippen LogP) is 4.43. The van der Waals surface area contributed by atoms with Gasteiger partial charge in [0, 0.05) is 5.56 Å². The Hall–Kier alpha value is -2.95. The van der Waals surface area contributed by atoms with Crippen molar-refractivity contribution in [2.24, 2.45) is 0 Å². The van der Waals surface area contributed by atoms with Gasteiger partial charge in [0.1, 0.15) is 10.1 Å². The van der Waals surface area contributed by atoms with Crippen molar-refractivity contribution in [3.63, 3.8) is 0 Å². The third-order valence-electron chi connectivity index (χ3n) is 5.19. The maximum Gasteiger partial charge on any atom is 0.309 e. The number of carbonyl (C=O) groups excluding carboxylic acids is 1. The Morgan fingerprint density at radius 3 is 2.41 bits per heavy atom. The first-order valence-corrected chi connectivity index (χ1v) is 13.1. The van der Waals surface area contributed by atoms with Crippen molar-refractivity contribution in [3.8, 4) is 5.75 Å². The highest BCUT2D eigenvalue weighted by Crippen LogP contribution is 2.34. The first-order chi connectivity index (χ1) is 16.1. The quantitative estimate of drug-likeness (QED) is 0.428. The van der Waals surface area contributed by atoms with Gasteiger partial charge in [0.15, 0.2) is 15.0 Å². The molecular formula is C23H21ClN2O6S2. The monoisotopic (exact) mass is 520 g/mol. The molecule has 2 aromatic carbocycles. The van der Waals surface area contributed by atoms with Crippen molar-refractivity contribution < 1.29 is 27.9 Å². The van der Waals surface area contributed by atoms with Crippen molar-refractivity contribution in [3.05, 3.63) is 69.7 Å². The van der Waals surface area contributed by atoms with Crippen molar-refractivity contribution >= 4 is 49.8 Å². The summed E-state index contributed by atoms with van der Waals surface area (Å²) in [5, 5.41) is 11.4. The fourth-order valence-electron chi connectivity index (χ4n) is 3.24. The van der Waals surface area contributed by atoms with Gasteiger partial charge >= 0.3 is 5.97 Å². The second kappa shape index (κ2) is 9.73. The highest BCUT2D eigenvalue weighted by molar-refractivity contribution is 7.92. The molecule has 1 aliphatic rings. The summed E-state index contributed by atoms with van der Waals surface area (Å²) < 4.78 is 31.2. The minimum absolute atomic E-state index is 0.136. The van der Waals surface area contributed by atoms with Crippen LogP contribution in [0.25, 0.3) is 0 Å². The molecule has 1 atom stereocenters. The Morgan fingerprint density at radius 1 is 1.18 bits per heavy atom. The maximum absolute atomic E-state index is 13.2. The molecule has 1 saturated carbocycles. The number of amides is 1. The van der Waals surface area contributed by atoms with Crippen LogP contribution in [0.15, 0.2) is 53.4 Å². The molecule has 178 valence electrons. The van der Waals surface area contributed by atoms with E-state index in [1.165, 1.54) is 12.1 Å². The molecule has 0 radical (unpaired) electrons. The van der Waals surface area contributed by atoms with Crippen LogP contribution in [0.1, 0.15) is 35.8 Å². The van der Waals surface area contributed by atoms with Crippen LogP contribution in [-0.2, 0) is 25.8 Å². The fraction of sp³-hybridized carbons (Fsp3) is 0.261. The van der Waals surface area contributed by atoms with E-state index in [-0.39, 0.29) is 31.7 Å². The summed E-state index contributed by atoms with van der Waals surface area (Å²) >= 11 is 7.00. The molecule has 1 aromatic heterocycles. The summed E-state index contributed by atoms with van der Waals surface area (Å²) in [6.07, 6.45) is -0.172.